The number of fused-ring (bicyclic) bond motifs is 1. The maximum absolute atomic E-state index is 13.5. The van der Waals surface area contributed by atoms with Crippen LogP contribution in [0.25, 0.3) is 21.9 Å². The first-order chi connectivity index (χ1) is 15.4. The second kappa shape index (κ2) is 9.08. The molecule has 8 heteroatoms. The van der Waals surface area contributed by atoms with E-state index in [0.29, 0.717) is 34.2 Å². The molecule has 0 spiro atoms. The minimum atomic E-state index is -0.196. The van der Waals surface area contributed by atoms with E-state index in [1.165, 1.54) is 16.9 Å². The minimum absolute atomic E-state index is 0.0910. The second-order valence-corrected chi connectivity index (χ2v) is 8.86. The zero-order chi connectivity index (χ0) is 22.8. The number of nitrogens with one attached hydrogen (secondary N) is 1. The summed E-state index contributed by atoms with van der Waals surface area (Å²) < 4.78 is 3.38. The van der Waals surface area contributed by atoms with Crippen molar-refractivity contribution in [3.63, 3.8) is 0 Å². The quantitative estimate of drug-likeness (QED) is 0.433. The third-order valence-corrected chi connectivity index (χ3v) is 6.31. The van der Waals surface area contributed by atoms with E-state index in [0.717, 1.165) is 24.2 Å². The van der Waals surface area contributed by atoms with Crippen molar-refractivity contribution in [2.24, 2.45) is 0 Å². The summed E-state index contributed by atoms with van der Waals surface area (Å²) in [7, 11) is 0. The molecular weight excluding hydrogens is 422 g/mol. The molecule has 3 aromatic heterocycles. The lowest BCUT2D eigenvalue weighted by Gasteiger charge is -2.07. The average Bonchev–Trinajstić information content (AvgIpc) is 3.32. The zero-order valence-electron chi connectivity index (χ0n) is 18.8. The van der Waals surface area contributed by atoms with Crippen molar-refractivity contribution in [1.82, 2.24) is 24.5 Å². The van der Waals surface area contributed by atoms with Crippen LogP contribution in [0.3, 0.4) is 0 Å². The van der Waals surface area contributed by atoms with Gasteiger partial charge in [-0.1, -0.05) is 31.0 Å². The van der Waals surface area contributed by atoms with Crippen LogP contribution in [0.5, 0.6) is 0 Å². The lowest BCUT2D eigenvalue weighted by molar-refractivity contribution is -0.120. The van der Waals surface area contributed by atoms with Crippen LogP contribution < -0.4 is 10.9 Å². The van der Waals surface area contributed by atoms with Crippen LogP contribution >= 0.6 is 11.3 Å². The Morgan fingerprint density at radius 1 is 1.16 bits per heavy atom. The predicted molar refractivity (Wildman–Crippen MR) is 128 cm³/mol. The first-order valence-electron chi connectivity index (χ1n) is 10.8. The van der Waals surface area contributed by atoms with Crippen molar-refractivity contribution in [3.8, 4) is 16.9 Å². The largest absolute Gasteiger partial charge is 0.356 e. The molecule has 0 saturated heterocycles. The normalized spacial score (nSPS) is 11.2. The fourth-order valence-corrected chi connectivity index (χ4v) is 4.63. The average molecular weight is 450 g/mol. The van der Waals surface area contributed by atoms with Crippen LogP contribution in [0.4, 0.5) is 0 Å². The highest BCUT2D eigenvalue weighted by molar-refractivity contribution is 7.15. The molecule has 0 atom stereocenters. The number of rotatable bonds is 7. The Labute approximate surface area is 190 Å². The Hall–Kier alpha value is -3.26. The summed E-state index contributed by atoms with van der Waals surface area (Å²) in [6.45, 7) is 8.55. The van der Waals surface area contributed by atoms with Gasteiger partial charge in [0.2, 0.25) is 5.91 Å². The summed E-state index contributed by atoms with van der Waals surface area (Å²) >= 11 is 1.37. The summed E-state index contributed by atoms with van der Waals surface area (Å²) in [4.78, 5) is 31.1. The molecule has 0 unspecified atom stereocenters. The summed E-state index contributed by atoms with van der Waals surface area (Å²) in [5.74, 6) is -0.0910. The van der Waals surface area contributed by atoms with E-state index < -0.39 is 0 Å². The van der Waals surface area contributed by atoms with Gasteiger partial charge in [0.05, 0.1) is 23.4 Å². The van der Waals surface area contributed by atoms with Gasteiger partial charge in [0, 0.05) is 23.3 Å². The molecule has 1 aromatic carbocycles. The lowest BCUT2D eigenvalue weighted by Crippen LogP contribution is -2.28. The third-order valence-electron chi connectivity index (χ3n) is 5.44. The fourth-order valence-electron chi connectivity index (χ4n) is 3.70. The highest BCUT2D eigenvalue weighted by Crippen LogP contribution is 2.23. The van der Waals surface area contributed by atoms with Crippen molar-refractivity contribution < 1.29 is 4.79 Å². The smallest absolute Gasteiger partial charge is 0.268 e. The number of thiazole rings is 1. The second-order valence-electron chi connectivity index (χ2n) is 8.02. The first-order valence-corrected chi connectivity index (χ1v) is 11.7. The molecule has 4 aromatic rings. The highest BCUT2D eigenvalue weighted by Gasteiger charge is 2.20. The van der Waals surface area contributed by atoms with E-state index in [4.69, 9.17) is 5.10 Å². The molecule has 166 valence electrons. The molecule has 3 heterocycles. The van der Waals surface area contributed by atoms with Gasteiger partial charge in [-0.25, -0.2) is 9.67 Å². The van der Waals surface area contributed by atoms with Crippen LogP contribution in [-0.4, -0.2) is 31.6 Å². The molecule has 0 saturated carbocycles. The van der Waals surface area contributed by atoms with E-state index in [1.54, 1.807) is 4.40 Å². The van der Waals surface area contributed by atoms with Crippen molar-refractivity contribution in [2.75, 3.05) is 6.54 Å². The van der Waals surface area contributed by atoms with Crippen LogP contribution in [0.2, 0.25) is 0 Å². The fraction of sp³-hybridized carbons (Fsp3) is 0.333. The number of nitrogens with zero attached hydrogens (tertiary/aromatic N) is 4. The van der Waals surface area contributed by atoms with Gasteiger partial charge in [0.15, 0.2) is 4.96 Å². The van der Waals surface area contributed by atoms with Gasteiger partial charge in [0.25, 0.3) is 5.56 Å². The number of carbonyl (C=O) groups excluding carboxylic acids is 1. The van der Waals surface area contributed by atoms with Crippen molar-refractivity contribution in [1.29, 1.82) is 0 Å². The molecule has 0 aliphatic carbocycles. The van der Waals surface area contributed by atoms with Crippen molar-refractivity contribution in [2.45, 2.75) is 47.0 Å². The summed E-state index contributed by atoms with van der Waals surface area (Å²) in [5, 5.41) is 9.47. The first kappa shape index (κ1) is 22.0. The molecule has 1 amide bonds. The van der Waals surface area contributed by atoms with Gasteiger partial charge in [-0.2, -0.15) is 5.10 Å². The standard InChI is InChI=1S/C24H27N5O2S/c1-5-6-11-25-21(30)13-19-14-32-24-26-17(4)22(23(31)28(19)24)20-12-16(3)29(27-20)18-9-7-15(2)8-10-18/h7-10,12,14H,5-6,11,13H2,1-4H3,(H,25,30). The van der Waals surface area contributed by atoms with E-state index >= 15 is 0 Å². The zero-order valence-corrected chi connectivity index (χ0v) is 19.6. The van der Waals surface area contributed by atoms with Gasteiger partial charge in [0.1, 0.15) is 5.69 Å². The van der Waals surface area contributed by atoms with Crippen LogP contribution in [0, 0.1) is 20.8 Å². The van der Waals surface area contributed by atoms with E-state index in [2.05, 4.69) is 17.2 Å². The van der Waals surface area contributed by atoms with Gasteiger partial charge in [-0.15, -0.1) is 11.3 Å². The summed E-state index contributed by atoms with van der Waals surface area (Å²) in [5.41, 5.74) is 5.15. The molecule has 0 radical (unpaired) electrons. The van der Waals surface area contributed by atoms with Crippen LogP contribution in [0.1, 0.15) is 42.4 Å². The molecule has 4 rings (SSSR count). The summed E-state index contributed by atoms with van der Waals surface area (Å²) in [6, 6.07) is 9.99. The maximum Gasteiger partial charge on any atom is 0.268 e. The lowest BCUT2D eigenvalue weighted by atomic mass is 10.1. The Morgan fingerprint density at radius 3 is 2.62 bits per heavy atom. The molecule has 1 N–H and O–H groups in total. The van der Waals surface area contributed by atoms with E-state index in [-0.39, 0.29) is 17.9 Å². The number of carbonyl (C=O) groups is 1. The van der Waals surface area contributed by atoms with Crippen LogP contribution in [0.15, 0.2) is 40.5 Å². The molecule has 7 nitrogen and oxygen atoms in total. The molecule has 32 heavy (non-hydrogen) atoms. The number of hydrogen-bond acceptors (Lipinski definition) is 5. The molecule has 0 aliphatic rings. The highest BCUT2D eigenvalue weighted by atomic mass is 32.1. The SMILES string of the molecule is CCCCNC(=O)Cc1csc2nc(C)c(-c3cc(C)n(-c4ccc(C)cc4)n3)c(=O)n12. The van der Waals surface area contributed by atoms with Gasteiger partial charge in [-0.05, 0) is 45.4 Å². The topological polar surface area (TPSA) is 81.3 Å². The van der Waals surface area contributed by atoms with Crippen molar-refractivity contribution in [3.05, 3.63) is 68.7 Å². The number of amides is 1. The third kappa shape index (κ3) is 4.23. The Bertz CT molecular complexity index is 1330. The number of benzene rings is 1. The maximum atomic E-state index is 13.5. The van der Waals surface area contributed by atoms with E-state index in [9.17, 15) is 9.59 Å². The summed E-state index contributed by atoms with van der Waals surface area (Å²) in [6.07, 6.45) is 2.09. The Kier molecular flexibility index (Phi) is 6.23. The minimum Gasteiger partial charge on any atom is -0.356 e. The van der Waals surface area contributed by atoms with Gasteiger partial charge in [-0.3, -0.25) is 14.0 Å². The van der Waals surface area contributed by atoms with Gasteiger partial charge >= 0.3 is 0 Å². The monoisotopic (exact) mass is 449 g/mol. The Balaban J connectivity index is 1.74. The molecule has 0 fully saturated rings. The van der Waals surface area contributed by atoms with E-state index in [1.807, 2.05) is 61.2 Å². The van der Waals surface area contributed by atoms with Gasteiger partial charge < -0.3 is 5.32 Å². The number of unbranched alkanes of at least 4 members (excludes halogenated alkanes) is 1. The molecule has 0 aliphatic heterocycles. The molecule has 0 bridgehead atoms. The molecular formula is C24H27N5O2S. The van der Waals surface area contributed by atoms with Crippen LogP contribution in [-0.2, 0) is 11.2 Å². The number of hydrogen-bond donors (Lipinski definition) is 1. The Morgan fingerprint density at radius 2 is 1.91 bits per heavy atom. The predicted octanol–water partition coefficient (Wildman–Crippen LogP) is 3.99. The number of aromatic nitrogens is 4. The van der Waals surface area contributed by atoms with Crippen molar-refractivity contribution >= 4 is 22.2 Å². The number of aryl methyl sites for hydroxylation is 3.